The third kappa shape index (κ3) is 6.16. The van der Waals surface area contributed by atoms with Gasteiger partial charge in [0.05, 0.1) is 13.5 Å². The molecule has 0 aliphatic heterocycles. The highest BCUT2D eigenvalue weighted by Gasteiger charge is 2.24. The van der Waals surface area contributed by atoms with Gasteiger partial charge in [0, 0.05) is 16.7 Å². The first-order valence-electron chi connectivity index (χ1n) is 6.56. The van der Waals surface area contributed by atoms with Crippen LogP contribution in [0.5, 0.6) is 0 Å². The van der Waals surface area contributed by atoms with E-state index in [1.807, 2.05) is 12.1 Å². The van der Waals surface area contributed by atoms with Crippen LogP contribution >= 0.6 is 15.9 Å². The number of hydrogen-bond donors (Lipinski definition) is 0. The third-order valence-corrected chi connectivity index (χ3v) is 3.05. The van der Waals surface area contributed by atoms with E-state index in [1.54, 1.807) is 32.9 Å². The van der Waals surface area contributed by atoms with Gasteiger partial charge >= 0.3 is 12.1 Å². The Kier molecular flexibility index (Phi) is 6.20. The van der Waals surface area contributed by atoms with E-state index in [2.05, 4.69) is 20.7 Å². The van der Waals surface area contributed by atoms with Crippen LogP contribution in [0.3, 0.4) is 0 Å². The van der Waals surface area contributed by atoms with Gasteiger partial charge < -0.3 is 9.47 Å². The van der Waals surface area contributed by atoms with Crippen LogP contribution < -0.4 is 4.90 Å². The summed E-state index contributed by atoms with van der Waals surface area (Å²) >= 11 is 3.35. The van der Waals surface area contributed by atoms with Crippen molar-refractivity contribution >= 4 is 33.7 Å². The summed E-state index contributed by atoms with van der Waals surface area (Å²) in [6, 6.07) is 7.21. The Morgan fingerprint density at radius 2 is 1.76 bits per heavy atom. The number of benzene rings is 1. The maximum absolute atomic E-state index is 12.3. The van der Waals surface area contributed by atoms with E-state index in [1.165, 1.54) is 12.0 Å². The molecule has 116 valence electrons. The summed E-state index contributed by atoms with van der Waals surface area (Å²) in [6.07, 6.45) is -0.389. The second kappa shape index (κ2) is 7.45. The zero-order valence-corrected chi connectivity index (χ0v) is 14.3. The smallest absolute Gasteiger partial charge is 0.414 e. The maximum Gasteiger partial charge on any atom is 0.414 e. The van der Waals surface area contributed by atoms with E-state index in [0.29, 0.717) is 5.69 Å². The molecule has 0 bridgehead atoms. The number of carbonyl (C=O) groups is 2. The highest BCUT2D eigenvalue weighted by molar-refractivity contribution is 9.10. The van der Waals surface area contributed by atoms with Crippen LogP contribution in [-0.4, -0.2) is 31.3 Å². The number of anilines is 1. The van der Waals surface area contributed by atoms with Gasteiger partial charge in [-0.3, -0.25) is 9.69 Å². The largest absolute Gasteiger partial charge is 0.469 e. The highest BCUT2D eigenvalue weighted by atomic mass is 79.9. The Morgan fingerprint density at radius 3 is 2.24 bits per heavy atom. The number of amides is 1. The molecular formula is C15H20BrNO4. The van der Waals surface area contributed by atoms with E-state index < -0.39 is 11.7 Å². The summed E-state index contributed by atoms with van der Waals surface area (Å²) in [5, 5.41) is 0. The normalized spacial score (nSPS) is 10.9. The lowest BCUT2D eigenvalue weighted by atomic mass is 10.2. The Hall–Kier alpha value is -1.56. The molecule has 0 unspecified atom stereocenters. The molecule has 0 N–H and O–H groups in total. The molecule has 1 aromatic rings. The van der Waals surface area contributed by atoms with Crippen molar-refractivity contribution in [2.45, 2.75) is 32.8 Å². The second-order valence-electron chi connectivity index (χ2n) is 5.43. The van der Waals surface area contributed by atoms with Gasteiger partial charge in [0.15, 0.2) is 0 Å². The second-order valence-corrected chi connectivity index (χ2v) is 6.35. The molecular weight excluding hydrogens is 338 g/mol. The van der Waals surface area contributed by atoms with E-state index >= 15 is 0 Å². The predicted molar refractivity (Wildman–Crippen MR) is 84.4 cm³/mol. The van der Waals surface area contributed by atoms with Crippen LogP contribution in [0.1, 0.15) is 27.2 Å². The van der Waals surface area contributed by atoms with E-state index in [4.69, 9.17) is 4.74 Å². The standard InChI is InChI=1S/C15H20BrNO4/c1-15(2,3)21-14(19)17(10-9-13(18)20-4)12-7-5-11(16)6-8-12/h5-8H,9-10H2,1-4H3. The Labute approximate surface area is 133 Å². The van der Waals surface area contributed by atoms with Gasteiger partial charge in [-0.2, -0.15) is 0 Å². The van der Waals surface area contributed by atoms with E-state index in [0.717, 1.165) is 4.47 Å². The minimum absolute atomic E-state index is 0.103. The number of halogens is 1. The van der Waals surface area contributed by atoms with Gasteiger partial charge in [-0.25, -0.2) is 4.79 Å². The molecule has 6 heteroatoms. The SMILES string of the molecule is COC(=O)CCN(C(=O)OC(C)(C)C)c1ccc(Br)cc1. The first kappa shape index (κ1) is 17.5. The third-order valence-electron chi connectivity index (χ3n) is 2.52. The van der Waals surface area contributed by atoms with Crippen LogP contribution in [0, 0.1) is 0 Å². The number of ether oxygens (including phenoxy) is 2. The quantitative estimate of drug-likeness (QED) is 0.770. The van der Waals surface area contributed by atoms with Crippen LogP contribution in [0.4, 0.5) is 10.5 Å². The first-order valence-corrected chi connectivity index (χ1v) is 7.35. The summed E-state index contributed by atoms with van der Waals surface area (Å²) in [4.78, 5) is 25.0. The molecule has 21 heavy (non-hydrogen) atoms. The lowest BCUT2D eigenvalue weighted by Gasteiger charge is -2.27. The van der Waals surface area contributed by atoms with Crippen molar-refractivity contribution < 1.29 is 19.1 Å². The topological polar surface area (TPSA) is 55.8 Å². The predicted octanol–water partition coefficient (Wildman–Crippen LogP) is 3.75. The molecule has 1 aromatic carbocycles. The van der Waals surface area contributed by atoms with Crippen molar-refractivity contribution in [3.8, 4) is 0 Å². The van der Waals surface area contributed by atoms with Gasteiger partial charge in [-0.05, 0) is 45.0 Å². The fourth-order valence-electron chi connectivity index (χ4n) is 1.57. The molecule has 0 aromatic heterocycles. The molecule has 0 aliphatic rings. The van der Waals surface area contributed by atoms with Gasteiger partial charge in [-0.15, -0.1) is 0 Å². The summed E-state index contributed by atoms with van der Waals surface area (Å²) in [5.41, 5.74) is 0.0621. The number of hydrogen-bond acceptors (Lipinski definition) is 4. The zero-order valence-electron chi connectivity index (χ0n) is 12.7. The van der Waals surface area contributed by atoms with Crippen molar-refractivity contribution in [3.63, 3.8) is 0 Å². The Morgan fingerprint density at radius 1 is 1.19 bits per heavy atom. The molecule has 0 heterocycles. The van der Waals surface area contributed by atoms with Crippen molar-refractivity contribution in [1.29, 1.82) is 0 Å². The monoisotopic (exact) mass is 357 g/mol. The molecule has 1 amide bonds. The van der Waals surface area contributed by atoms with Crippen molar-refractivity contribution in [3.05, 3.63) is 28.7 Å². The van der Waals surface area contributed by atoms with Crippen molar-refractivity contribution in [2.75, 3.05) is 18.6 Å². The summed E-state index contributed by atoms with van der Waals surface area (Å²) in [7, 11) is 1.32. The molecule has 0 atom stereocenters. The number of esters is 1. The average molecular weight is 358 g/mol. The maximum atomic E-state index is 12.3. The zero-order chi connectivity index (χ0) is 16.0. The summed E-state index contributed by atoms with van der Waals surface area (Å²) < 4.78 is 10.9. The van der Waals surface area contributed by atoms with E-state index in [-0.39, 0.29) is 18.9 Å². The molecule has 0 radical (unpaired) electrons. The van der Waals surface area contributed by atoms with Crippen molar-refractivity contribution in [2.24, 2.45) is 0 Å². The van der Waals surface area contributed by atoms with Gasteiger partial charge in [0.1, 0.15) is 5.60 Å². The molecule has 0 fully saturated rings. The molecule has 0 spiro atoms. The van der Waals surface area contributed by atoms with Crippen LogP contribution in [0.2, 0.25) is 0 Å². The number of rotatable bonds is 4. The van der Waals surface area contributed by atoms with Crippen molar-refractivity contribution in [1.82, 2.24) is 0 Å². The summed E-state index contributed by atoms with van der Waals surface area (Å²) in [5.74, 6) is -0.374. The summed E-state index contributed by atoms with van der Waals surface area (Å²) in [6.45, 7) is 5.59. The lowest BCUT2D eigenvalue weighted by Crippen LogP contribution is -2.38. The first-order chi connectivity index (χ1) is 9.73. The highest BCUT2D eigenvalue weighted by Crippen LogP contribution is 2.21. The molecule has 0 saturated carbocycles. The number of nitrogens with zero attached hydrogens (tertiary/aromatic N) is 1. The fourth-order valence-corrected chi connectivity index (χ4v) is 1.83. The number of carbonyl (C=O) groups excluding carboxylic acids is 2. The Bertz CT molecular complexity index is 493. The minimum atomic E-state index is -0.601. The van der Waals surface area contributed by atoms with Gasteiger partial charge in [0.25, 0.3) is 0 Å². The average Bonchev–Trinajstić information content (AvgIpc) is 2.38. The lowest BCUT2D eigenvalue weighted by molar-refractivity contribution is -0.140. The molecule has 5 nitrogen and oxygen atoms in total. The minimum Gasteiger partial charge on any atom is -0.469 e. The molecule has 0 aliphatic carbocycles. The molecule has 0 saturated heterocycles. The number of methoxy groups -OCH3 is 1. The van der Waals surface area contributed by atoms with E-state index in [9.17, 15) is 9.59 Å². The van der Waals surface area contributed by atoms with Gasteiger partial charge in [-0.1, -0.05) is 15.9 Å². The van der Waals surface area contributed by atoms with Crippen LogP contribution in [0.25, 0.3) is 0 Å². The Balaban J connectivity index is 2.91. The molecule has 1 rings (SSSR count). The fraction of sp³-hybridized carbons (Fsp3) is 0.467. The van der Waals surface area contributed by atoms with Crippen LogP contribution in [0.15, 0.2) is 28.7 Å². The van der Waals surface area contributed by atoms with Gasteiger partial charge in [0.2, 0.25) is 0 Å². The van der Waals surface area contributed by atoms with Crippen LogP contribution in [-0.2, 0) is 14.3 Å².